The van der Waals surface area contributed by atoms with Crippen LogP contribution in [0, 0.1) is 18.2 Å². The van der Waals surface area contributed by atoms with Gasteiger partial charge in [-0.2, -0.15) is 0 Å². The number of anilines is 1. The zero-order valence-electron chi connectivity index (χ0n) is 9.71. The number of ether oxygens (including phenoxy) is 1. The summed E-state index contributed by atoms with van der Waals surface area (Å²) < 4.78 is 20.6. The van der Waals surface area contributed by atoms with Crippen LogP contribution in [-0.4, -0.2) is 26.4 Å². The van der Waals surface area contributed by atoms with Crippen LogP contribution in [-0.2, 0) is 9.53 Å². The molecule has 0 aliphatic carbocycles. The summed E-state index contributed by atoms with van der Waals surface area (Å²) >= 11 is 0. The Morgan fingerprint density at radius 3 is 3.05 bits per heavy atom. The molecule has 2 aromatic heterocycles. The Labute approximate surface area is 107 Å². The van der Waals surface area contributed by atoms with E-state index in [4.69, 9.17) is 16.9 Å². The Balaban J connectivity index is 2.11. The van der Waals surface area contributed by atoms with Gasteiger partial charge in [0.25, 0.3) is 0 Å². The number of carbonyl (C=O) groups excluding carboxylic acids is 1. The van der Waals surface area contributed by atoms with Gasteiger partial charge in [0.05, 0.1) is 11.8 Å². The number of terminal acetylenes is 1. The maximum Gasteiger partial charge on any atom is 0.178 e. The third kappa shape index (κ3) is 1.65. The maximum absolute atomic E-state index is 13.8. The molecule has 6 nitrogen and oxygen atoms in total. The summed E-state index contributed by atoms with van der Waals surface area (Å²) in [5.74, 6) is 1.51. The minimum atomic E-state index is -0.898. The summed E-state index contributed by atoms with van der Waals surface area (Å²) in [7, 11) is 0. The third-order valence-corrected chi connectivity index (χ3v) is 3.02. The van der Waals surface area contributed by atoms with Crippen LogP contribution in [0.1, 0.15) is 12.6 Å². The molecule has 0 saturated carbocycles. The van der Waals surface area contributed by atoms with Gasteiger partial charge in [-0.1, -0.05) is 5.92 Å². The average Bonchev–Trinajstić information content (AvgIpc) is 2.91. The van der Waals surface area contributed by atoms with Gasteiger partial charge in [-0.3, -0.25) is 4.79 Å². The van der Waals surface area contributed by atoms with Crippen molar-refractivity contribution in [1.82, 2.24) is 14.5 Å². The van der Waals surface area contributed by atoms with Crippen LogP contribution in [0.2, 0.25) is 0 Å². The Morgan fingerprint density at radius 2 is 2.37 bits per heavy atom. The van der Waals surface area contributed by atoms with Crippen molar-refractivity contribution in [2.24, 2.45) is 0 Å². The van der Waals surface area contributed by atoms with Gasteiger partial charge in [0.15, 0.2) is 23.4 Å². The van der Waals surface area contributed by atoms with Gasteiger partial charge in [0.1, 0.15) is 18.4 Å². The SMILES string of the molecule is C#CC1OC(n2cc(F)c3c(N)ncnc32)CC1=O. The quantitative estimate of drug-likeness (QED) is 0.761. The second-order valence-corrected chi connectivity index (χ2v) is 4.15. The molecule has 1 aliphatic heterocycles. The molecule has 0 spiro atoms. The minimum absolute atomic E-state index is 0.0408. The van der Waals surface area contributed by atoms with Crippen molar-refractivity contribution in [2.45, 2.75) is 18.8 Å². The zero-order valence-corrected chi connectivity index (χ0v) is 9.71. The van der Waals surface area contributed by atoms with Crippen LogP contribution in [0.3, 0.4) is 0 Å². The summed E-state index contributed by atoms with van der Waals surface area (Å²) in [5.41, 5.74) is 5.88. The molecule has 2 N–H and O–H groups in total. The monoisotopic (exact) mass is 260 g/mol. The van der Waals surface area contributed by atoms with Crippen LogP contribution in [0.4, 0.5) is 10.2 Å². The van der Waals surface area contributed by atoms with Crippen molar-refractivity contribution < 1.29 is 13.9 Å². The van der Waals surface area contributed by atoms with Crippen molar-refractivity contribution in [3.8, 4) is 12.3 Å². The first kappa shape index (κ1) is 11.6. The molecule has 19 heavy (non-hydrogen) atoms. The highest BCUT2D eigenvalue weighted by Crippen LogP contribution is 2.31. The summed E-state index contributed by atoms with van der Waals surface area (Å²) in [6, 6.07) is 0. The number of fused-ring (bicyclic) bond motifs is 1. The molecule has 2 aromatic rings. The van der Waals surface area contributed by atoms with E-state index in [-0.39, 0.29) is 29.1 Å². The Kier molecular flexibility index (Phi) is 2.47. The molecule has 2 unspecified atom stereocenters. The predicted molar refractivity (Wildman–Crippen MR) is 64.3 cm³/mol. The highest BCUT2D eigenvalue weighted by molar-refractivity contribution is 5.89. The zero-order chi connectivity index (χ0) is 13.6. The average molecular weight is 260 g/mol. The number of nitrogen functional groups attached to an aromatic ring is 1. The molecule has 0 bridgehead atoms. The normalized spacial score (nSPS) is 22.8. The lowest BCUT2D eigenvalue weighted by molar-refractivity contribution is -0.120. The molecule has 7 heteroatoms. The predicted octanol–water partition coefficient (Wildman–Crippen LogP) is 0.642. The molecular weight excluding hydrogens is 251 g/mol. The van der Waals surface area contributed by atoms with Gasteiger partial charge in [-0.05, 0) is 0 Å². The number of Topliss-reactive ketones (excluding diaryl/α,β-unsaturated/α-hetero) is 1. The molecule has 96 valence electrons. The van der Waals surface area contributed by atoms with E-state index < -0.39 is 18.1 Å². The number of nitrogens with zero attached hydrogens (tertiary/aromatic N) is 3. The highest BCUT2D eigenvalue weighted by Gasteiger charge is 2.34. The van der Waals surface area contributed by atoms with Gasteiger partial charge in [-0.25, -0.2) is 14.4 Å². The first-order valence-electron chi connectivity index (χ1n) is 5.52. The van der Waals surface area contributed by atoms with Gasteiger partial charge < -0.3 is 15.0 Å². The molecule has 1 fully saturated rings. The van der Waals surface area contributed by atoms with Crippen LogP contribution in [0.25, 0.3) is 11.0 Å². The van der Waals surface area contributed by atoms with Gasteiger partial charge in [0, 0.05) is 6.20 Å². The lowest BCUT2D eigenvalue weighted by Crippen LogP contribution is -2.12. The maximum atomic E-state index is 13.8. The molecule has 3 heterocycles. The Hall–Kier alpha value is -2.46. The van der Waals surface area contributed by atoms with Crippen LogP contribution in [0.15, 0.2) is 12.5 Å². The number of rotatable bonds is 1. The summed E-state index contributed by atoms with van der Waals surface area (Å²) in [4.78, 5) is 19.3. The fourth-order valence-corrected chi connectivity index (χ4v) is 2.14. The van der Waals surface area contributed by atoms with E-state index in [0.717, 1.165) is 0 Å². The lowest BCUT2D eigenvalue weighted by atomic mass is 10.2. The Morgan fingerprint density at radius 1 is 1.58 bits per heavy atom. The Bertz CT molecular complexity index is 718. The van der Waals surface area contributed by atoms with E-state index in [2.05, 4.69) is 15.9 Å². The second-order valence-electron chi connectivity index (χ2n) is 4.15. The summed E-state index contributed by atoms with van der Waals surface area (Å²) in [5, 5.41) is 0.114. The number of hydrogen-bond donors (Lipinski definition) is 1. The number of halogens is 1. The van der Waals surface area contributed by atoms with Crippen molar-refractivity contribution in [3.05, 3.63) is 18.3 Å². The molecule has 1 saturated heterocycles. The standard InChI is InChI=1S/C12H9FN4O2/c1-2-8-7(18)3-9(19-8)17-4-6(13)10-11(14)15-5-16-12(10)17/h1,4-5,8-9H,3H2,(H2,14,15,16). The van der Waals surface area contributed by atoms with Gasteiger partial charge >= 0.3 is 0 Å². The second kappa shape index (κ2) is 4.03. The minimum Gasteiger partial charge on any atom is -0.383 e. The number of aromatic nitrogens is 3. The van der Waals surface area contributed by atoms with E-state index in [1.54, 1.807) is 0 Å². The molecular formula is C12H9FN4O2. The molecule has 0 radical (unpaired) electrons. The van der Waals surface area contributed by atoms with Crippen molar-refractivity contribution in [2.75, 3.05) is 5.73 Å². The van der Waals surface area contributed by atoms with E-state index in [9.17, 15) is 9.18 Å². The number of nitrogens with two attached hydrogens (primary N) is 1. The number of carbonyl (C=O) groups is 1. The largest absolute Gasteiger partial charge is 0.383 e. The summed E-state index contributed by atoms with van der Waals surface area (Å²) in [6.45, 7) is 0. The fraction of sp³-hybridized carbons (Fsp3) is 0.250. The smallest absolute Gasteiger partial charge is 0.178 e. The van der Waals surface area contributed by atoms with E-state index in [0.29, 0.717) is 0 Å². The molecule has 2 atom stereocenters. The van der Waals surface area contributed by atoms with Crippen LogP contribution in [0.5, 0.6) is 0 Å². The van der Waals surface area contributed by atoms with Gasteiger partial charge in [0.2, 0.25) is 0 Å². The van der Waals surface area contributed by atoms with E-state index in [1.165, 1.54) is 17.1 Å². The highest BCUT2D eigenvalue weighted by atomic mass is 19.1. The third-order valence-electron chi connectivity index (χ3n) is 3.02. The van der Waals surface area contributed by atoms with Crippen LogP contribution >= 0.6 is 0 Å². The van der Waals surface area contributed by atoms with Gasteiger partial charge in [-0.15, -0.1) is 6.42 Å². The summed E-state index contributed by atoms with van der Waals surface area (Å²) in [6.07, 6.45) is 6.10. The van der Waals surface area contributed by atoms with Crippen molar-refractivity contribution in [3.63, 3.8) is 0 Å². The van der Waals surface area contributed by atoms with Crippen LogP contribution < -0.4 is 5.73 Å². The van der Waals surface area contributed by atoms with E-state index in [1.807, 2.05) is 0 Å². The number of ketones is 1. The van der Waals surface area contributed by atoms with Crippen molar-refractivity contribution in [1.29, 1.82) is 0 Å². The van der Waals surface area contributed by atoms with Crippen molar-refractivity contribution >= 4 is 22.6 Å². The molecule has 3 rings (SSSR count). The van der Waals surface area contributed by atoms with E-state index >= 15 is 0 Å². The molecule has 0 aromatic carbocycles. The fourth-order valence-electron chi connectivity index (χ4n) is 2.14. The molecule has 0 amide bonds. The molecule has 1 aliphatic rings. The first-order valence-corrected chi connectivity index (χ1v) is 5.52. The number of hydrogen-bond acceptors (Lipinski definition) is 5. The lowest BCUT2D eigenvalue weighted by Gasteiger charge is -2.12. The topological polar surface area (TPSA) is 83.0 Å². The first-order chi connectivity index (χ1) is 9.11.